The highest BCUT2D eigenvalue weighted by molar-refractivity contribution is 5.81. The maximum absolute atomic E-state index is 14.7. The number of halogens is 1. The number of nitrogens with two attached hydrogens (primary N) is 1. The Morgan fingerprint density at radius 2 is 2.29 bits per heavy atom. The van der Waals surface area contributed by atoms with Gasteiger partial charge in [-0.25, -0.2) is 19.3 Å². The molecule has 0 bridgehead atoms. The van der Waals surface area contributed by atoms with Crippen LogP contribution in [0.1, 0.15) is 6.23 Å². The first kappa shape index (κ1) is 14.1. The molecular formula is C12H17FN6O2. The van der Waals surface area contributed by atoms with Crippen molar-refractivity contribution in [2.45, 2.75) is 24.5 Å². The van der Waals surface area contributed by atoms with Gasteiger partial charge in [0.15, 0.2) is 23.9 Å². The summed E-state index contributed by atoms with van der Waals surface area (Å²) in [5.41, 5.74) is 6.62. The van der Waals surface area contributed by atoms with E-state index in [9.17, 15) is 4.39 Å². The van der Waals surface area contributed by atoms with Crippen molar-refractivity contribution in [3.8, 4) is 0 Å². The van der Waals surface area contributed by atoms with E-state index in [1.165, 1.54) is 17.2 Å². The van der Waals surface area contributed by atoms with Gasteiger partial charge in [-0.3, -0.25) is 4.57 Å². The van der Waals surface area contributed by atoms with Gasteiger partial charge in [0.05, 0.1) is 19.0 Å². The number of hydrogen-bond acceptors (Lipinski definition) is 7. The minimum Gasteiger partial charge on any atom is -0.382 e. The van der Waals surface area contributed by atoms with Crippen molar-refractivity contribution in [3.63, 3.8) is 0 Å². The molecule has 21 heavy (non-hydrogen) atoms. The average Bonchev–Trinajstić information content (AvgIpc) is 3.02. The fourth-order valence-corrected chi connectivity index (χ4v) is 2.65. The van der Waals surface area contributed by atoms with Crippen molar-refractivity contribution in [2.24, 2.45) is 0 Å². The lowest BCUT2D eigenvalue weighted by atomic mass is 10.1. The molecule has 0 aromatic carbocycles. The van der Waals surface area contributed by atoms with Gasteiger partial charge >= 0.3 is 0 Å². The van der Waals surface area contributed by atoms with Crippen LogP contribution < -0.4 is 11.1 Å². The zero-order valence-electron chi connectivity index (χ0n) is 11.7. The smallest absolute Gasteiger partial charge is 0.170 e. The van der Waals surface area contributed by atoms with Crippen LogP contribution >= 0.6 is 0 Å². The summed E-state index contributed by atoms with van der Waals surface area (Å²) < 4.78 is 27.0. The highest BCUT2D eigenvalue weighted by Crippen LogP contribution is 2.33. The Balaban J connectivity index is 1.97. The summed E-state index contributed by atoms with van der Waals surface area (Å²) in [5, 5.41) is 2.93. The first-order chi connectivity index (χ1) is 10.2. The molecule has 0 unspecified atom stereocenters. The second kappa shape index (κ2) is 5.51. The molecule has 2 aromatic rings. The Kier molecular flexibility index (Phi) is 3.70. The van der Waals surface area contributed by atoms with Crippen molar-refractivity contribution >= 4 is 17.0 Å². The monoisotopic (exact) mass is 296 g/mol. The molecule has 8 nitrogen and oxygen atoms in total. The molecule has 1 aliphatic heterocycles. The molecule has 114 valence electrons. The molecule has 0 aliphatic carbocycles. The second-order valence-corrected chi connectivity index (χ2v) is 4.86. The third kappa shape index (κ3) is 2.23. The second-order valence-electron chi connectivity index (χ2n) is 4.86. The molecule has 1 saturated heterocycles. The van der Waals surface area contributed by atoms with Gasteiger partial charge in [0.1, 0.15) is 17.9 Å². The van der Waals surface area contributed by atoms with E-state index in [2.05, 4.69) is 20.3 Å². The van der Waals surface area contributed by atoms with Crippen LogP contribution in [0.4, 0.5) is 10.2 Å². The highest BCUT2D eigenvalue weighted by atomic mass is 19.1. The fourth-order valence-electron chi connectivity index (χ4n) is 2.65. The lowest BCUT2D eigenvalue weighted by Gasteiger charge is -2.17. The Morgan fingerprint density at radius 3 is 3.00 bits per heavy atom. The lowest BCUT2D eigenvalue weighted by Crippen LogP contribution is -2.42. The Hall–Kier alpha value is -1.84. The summed E-state index contributed by atoms with van der Waals surface area (Å²) in [6, 6.07) is -0.466. The number of rotatable bonds is 4. The van der Waals surface area contributed by atoms with Crippen molar-refractivity contribution in [1.29, 1.82) is 0 Å². The van der Waals surface area contributed by atoms with Gasteiger partial charge < -0.3 is 20.5 Å². The SMILES string of the molecule is CN[C@H]1[C@@H](F)[C@H](n2cnc3c(N)ncnc32)O[C@@H]1COC. The molecule has 3 N–H and O–H groups in total. The maximum Gasteiger partial charge on any atom is 0.170 e. The molecule has 9 heteroatoms. The van der Waals surface area contributed by atoms with Gasteiger partial charge in [-0.05, 0) is 7.05 Å². The summed E-state index contributed by atoms with van der Waals surface area (Å²) in [5.74, 6) is 0.255. The maximum atomic E-state index is 14.7. The molecule has 0 amide bonds. The summed E-state index contributed by atoms with van der Waals surface area (Å²) >= 11 is 0. The van der Waals surface area contributed by atoms with E-state index in [0.29, 0.717) is 17.8 Å². The van der Waals surface area contributed by atoms with E-state index in [1.54, 1.807) is 14.2 Å². The predicted molar refractivity (Wildman–Crippen MR) is 73.3 cm³/mol. The molecule has 1 aliphatic rings. The third-order valence-corrected chi connectivity index (χ3v) is 3.66. The highest BCUT2D eigenvalue weighted by Gasteiger charge is 2.45. The third-order valence-electron chi connectivity index (χ3n) is 3.66. The van der Waals surface area contributed by atoms with Gasteiger partial charge in [0.25, 0.3) is 0 Å². The topological polar surface area (TPSA) is 100 Å². The number of ether oxygens (including phenoxy) is 2. The molecule has 1 fully saturated rings. The molecule has 3 heterocycles. The van der Waals surface area contributed by atoms with Crippen LogP contribution in [0.15, 0.2) is 12.7 Å². The zero-order chi connectivity index (χ0) is 15.0. The first-order valence-corrected chi connectivity index (χ1v) is 6.56. The van der Waals surface area contributed by atoms with Gasteiger partial charge in [0, 0.05) is 7.11 Å². The zero-order valence-corrected chi connectivity index (χ0v) is 11.7. The lowest BCUT2D eigenvalue weighted by molar-refractivity contribution is -0.0442. The van der Waals surface area contributed by atoms with Crippen LogP contribution in [-0.4, -0.2) is 58.6 Å². The molecule has 2 aromatic heterocycles. The van der Waals surface area contributed by atoms with Crippen LogP contribution in [0.5, 0.6) is 0 Å². The number of nitrogen functional groups attached to an aromatic ring is 1. The summed E-state index contributed by atoms with van der Waals surface area (Å²) in [6.45, 7) is 0.298. The number of fused-ring (bicyclic) bond motifs is 1. The van der Waals surface area contributed by atoms with E-state index < -0.39 is 24.5 Å². The van der Waals surface area contributed by atoms with Crippen molar-refractivity contribution in [3.05, 3.63) is 12.7 Å². The number of hydrogen-bond donors (Lipinski definition) is 2. The number of aromatic nitrogens is 4. The Morgan fingerprint density at radius 1 is 1.48 bits per heavy atom. The number of methoxy groups -OCH3 is 1. The molecule has 3 rings (SSSR count). The van der Waals surface area contributed by atoms with Crippen molar-refractivity contribution in [1.82, 2.24) is 24.8 Å². The normalized spacial score (nSPS) is 29.3. The van der Waals surface area contributed by atoms with Gasteiger partial charge in [0.2, 0.25) is 0 Å². The van der Waals surface area contributed by atoms with Crippen LogP contribution in [-0.2, 0) is 9.47 Å². The van der Waals surface area contributed by atoms with E-state index >= 15 is 0 Å². The number of anilines is 1. The van der Waals surface area contributed by atoms with E-state index in [-0.39, 0.29) is 5.82 Å². The molecule has 4 atom stereocenters. The Bertz CT molecular complexity index is 635. The Labute approximate surface area is 120 Å². The molecule has 0 spiro atoms. The fraction of sp³-hybridized carbons (Fsp3) is 0.583. The number of imidazole rings is 1. The van der Waals surface area contributed by atoms with Crippen molar-refractivity contribution in [2.75, 3.05) is 26.5 Å². The molecule has 0 saturated carbocycles. The molecular weight excluding hydrogens is 279 g/mol. The first-order valence-electron chi connectivity index (χ1n) is 6.56. The minimum atomic E-state index is -1.26. The van der Waals surface area contributed by atoms with E-state index in [4.69, 9.17) is 15.2 Å². The average molecular weight is 296 g/mol. The predicted octanol–water partition coefficient (Wildman–Crippen LogP) is -0.122. The van der Waals surface area contributed by atoms with Gasteiger partial charge in [-0.1, -0.05) is 0 Å². The molecule has 0 radical (unpaired) electrons. The summed E-state index contributed by atoms with van der Waals surface area (Å²) in [4.78, 5) is 12.1. The number of alkyl halides is 1. The quantitative estimate of drug-likeness (QED) is 0.811. The van der Waals surface area contributed by atoms with E-state index in [0.717, 1.165) is 0 Å². The minimum absolute atomic E-state index is 0.255. The van der Waals surface area contributed by atoms with Crippen molar-refractivity contribution < 1.29 is 13.9 Å². The standard InChI is InChI=1S/C12H17FN6O2/c1-15-8-6(3-20-2)21-12(7(8)13)19-5-18-9-10(14)16-4-17-11(9)19/h4-8,12,15H,3H2,1-2H3,(H2,14,16,17)/t6-,7-,8-,12-/m1/s1. The van der Waals surface area contributed by atoms with Crippen LogP contribution in [0.2, 0.25) is 0 Å². The van der Waals surface area contributed by atoms with Gasteiger partial charge in [-0.15, -0.1) is 0 Å². The number of likely N-dealkylation sites (N-methyl/N-ethyl adjacent to an activating group) is 1. The van der Waals surface area contributed by atoms with Gasteiger partial charge in [-0.2, -0.15) is 0 Å². The summed E-state index contributed by atoms with van der Waals surface area (Å²) in [7, 11) is 3.25. The largest absolute Gasteiger partial charge is 0.382 e. The van der Waals surface area contributed by atoms with Crippen LogP contribution in [0.3, 0.4) is 0 Å². The van der Waals surface area contributed by atoms with Crippen LogP contribution in [0, 0.1) is 0 Å². The summed E-state index contributed by atoms with van der Waals surface area (Å²) in [6.07, 6.45) is 0.303. The van der Waals surface area contributed by atoms with E-state index in [1.807, 2.05) is 0 Å². The number of nitrogens with one attached hydrogen (secondary N) is 1. The van der Waals surface area contributed by atoms with Crippen LogP contribution in [0.25, 0.3) is 11.2 Å². The number of nitrogens with zero attached hydrogens (tertiary/aromatic N) is 4.